The molecule has 0 N–H and O–H groups in total. The highest BCUT2D eigenvalue weighted by Gasteiger charge is 2.18. The standard InChI is InChI=1S/C18H25NO2.ClH/c1-18(2,3)21-17(20)12-16-10-7-11-19(14-16)13-15-8-5-4-6-9-15;/h4-6,8-9,12H,7,10-11,13-14H2,1-3H3;1H/b16-12+;. The Hall–Kier alpha value is -1.32. The van der Waals surface area contributed by atoms with Crippen molar-refractivity contribution in [2.45, 2.75) is 45.8 Å². The number of piperidine rings is 1. The van der Waals surface area contributed by atoms with Gasteiger partial charge in [0.25, 0.3) is 0 Å². The number of hydrogen-bond acceptors (Lipinski definition) is 3. The molecule has 0 atom stereocenters. The van der Waals surface area contributed by atoms with Crippen molar-refractivity contribution in [3.63, 3.8) is 0 Å². The third-order valence-corrected chi connectivity index (χ3v) is 3.38. The van der Waals surface area contributed by atoms with Gasteiger partial charge in [-0.15, -0.1) is 12.4 Å². The molecule has 0 aromatic heterocycles. The Morgan fingerprint density at radius 2 is 1.95 bits per heavy atom. The lowest BCUT2D eigenvalue weighted by Gasteiger charge is -2.28. The van der Waals surface area contributed by atoms with Crippen LogP contribution >= 0.6 is 12.4 Å². The number of nitrogens with zero attached hydrogens (tertiary/aromatic N) is 1. The fraction of sp³-hybridized carbons (Fsp3) is 0.500. The molecule has 0 bridgehead atoms. The van der Waals surface area contributed by atoms with E-state index in [2.05, 4.69) is 29.2 Å². The molecule has 4 heteroatoms. The Balaban J connectivity index is 0.00000242. The minimum Gasteiger partial charge on any atom is -0.457 e. The highest BCUT2D eigenvalue weighted by atomic mass is 35.5. The van der Waals surface area contributed by atoms with Crippen molar-refractivity contribution >= 4 is 18.4 Å². The van der Waals surface area contributed by atoms with Gasteiger partial charge in [-0.3, -0.25) is 4.90 Å². The Morgan fingerprint density at radius 3 is 2.59 bits per heavy atom. The van der Waals surface area contributed by atoms with E-state index in [0.29, 0.717) is 0 Å². The summed E-state index contributed by atoms with van der Waals surface area (Å²) in [6.07, 6.45) is 3.77. The normalized spacial score (nSPS) is 17.9. The van der Waals surface area contributed by atoms with Crippen molar-refractivity contribution in [3.05, 3.63) is 47.5 Å². The van der Waals surface area contributed by atoms with E-state index >= 15 is 0 Å². The van der Waals surface area contributed by atoms with Crippen LogP contribution in [0.1, 0.15) is 39.2 Å². The summed E-state index contributed by atoms with van der Waals surface area (Å²) in [5.74, 6) is -0.223. The first-order valence-corrected chi connectivity index (χ1v) is 7.61. The van der Waals surface area contributed by atoms with E-state index in [9.17, 15) is 4.79 Å². The molecule has 2 rings (SSSR count). The number of hydrogen-bond donors (Lipinski definition) is 0. The SMILES string of the molecule is CC(C)(C)OC(=O)/C=C1\CCCN(Cc2ccccc2)C1.Cl. The van der Waals surface area contributed by atoms with Gasteiger partial charge in [-0.2, -0.15) is 0 Å². The molecule has 22 heavy (non-hydrogen) atoms. The Bertz CT molecular complexity index is 506. The molecule has 1 saturated heterocycles. The number of carbonyl (C=O) groups excluding carboxylic acids is 1. The van der Waals surface area contributed by atoms with Crippen molar-refractivity contribution < 1.29 is 9.53 Å². The van der Waals surface area contributed by atoms with E-state index in [0.717, 1.165) is 32.5 Å². The molecule has 0 amide bonds. The van der Waals surface area contributed by atoms with E-state index in [-0.39, 0.29) is 18.4 Å². The molecule has 0 radical (unpaired) electrons. The monoisotopic (exact) mass is 323 g/mol. The van der Waals surface area contributed by atoms with Gasteiger partial charge in [0.05, 0.1) is 0 Å². The smallest absolute Gasteiger partial charge is 0.331 e. The topological polar surface area (TPSA) is 29.5 Å². The number of esters is 1. The third-order valence-electron chi connectivity index (χ3n) is 3.38. The van der Waals surface area contributed by atoms with Gasteiger partial charge in [-0.25, -0.2) is 4.79 Å². The van der Waals surface area contributed by atoms with Crippen LogP contribution in [-0.4, -0.2) is 29.6 Å². The summed E-state index contributed by atoms with van der Waals surface area (Å²) in [5, 5.41) is 0. The van der Waals surface area contributed by atoms with Crippen LogP contribution < -0.4 is 0 Å². The lowest BCUT2D eigenvalue weighted by Crippen LogP contribution is -2.31. The molecule has 122 valence electrons. The maximum absolute atomic E-state index is 11.9. The minimum absolute atomic E-state index is 0. The quantitative estimate of drug-likeness (QED) is 0.622. The van der Waals surface area contributed by atoms with Gasteiger partial charge in [0.2, 0.25) is 0 Å². The van der Waals surface area contributed by atoms with Crippen molar-refractivity contribution in [3.8, 4) is 0 Å². The van der Waals surface area contributed by atoms with Crippen LogP contribution in [0.15, 0.2) is 42.0 Å². The molecular weight excluding hydrogens is 298 g/mol. The highest BCUT2D eigenvalue weighted by Crippen LogP contribution is 2.18. The van der Waals surface area contributed by atoms with Crippen LogP contribution in [0.2, 0.25) is 0 Å². The number of halogens is 1. The van der Waals surface area contributed by atoms with E-state index in [1.54, 1.807) is 6.08 Å². The maximum Gasteiger partial charge on any atom is 0.331 e. The average molecular weight is 324 g/mol. The predicted molar refractivity (Wildman–Crippen MR) is 92.1 cm³/mol. The zero-order valence-corrected chi connectivity index (χ0v) is 14.5. The summed E-state index contributed by atoms with van der Waals surface area (Å²) in [6, 6.07) is 10.5. The second-order valence-electron chi connectivity index (χ2n) is 6.64. The zero-order valence-electron chi connectivity index (χ0n) is 13.7. The second kappa shape index (κ2) is 8.35. The molecule has 3 nitrogen and oxygen atoms in total. The Morgan fingerprint density at radius 1 is 1.27 bits per heavy atom. The van der Waals surface area contributed by atoms with Gasteiger partial charge < -0.3 is 4.74 Å². The summed E-state index contributed by atoms with van der Waals surface area (Å²) < 4.78 is 5.36. The molecule has 0 saturated carbocycles. The summed E-state index contributed by atoms with van der Waals surface area (Å²) >= 11 is 0. The first kappa shape index (κ1) is 18.7. The second-order valence-corrected chi connectivity index (χ2v) is 6.64. The summed E-state index contributed by atoms with van der Waals surface area (Å²) in [5.41, 5.74) is 2.06. The third kappa shape index (κ3) is 6.63. The number of likely N-dealkylation sites (tertiary alicyclic amines) is 1. The zero-order chi connectivity index (χ0) is 15.3. The van der Waals surface area contributed by atoms with Gasteiger partial charge in [-0.1, -0.05) is 30.3 Å². The lowest BCUT2D eigenvalue weighted by molar-refractivity contribution is -0.148. The highest BCUT2D eigenvalue weighted by molar-refractivity contribution is 5.85. The van der Waals surface area contributed by atoms with Crippen LogP contribution in [0.5, 0.6) is 0 Å². The molecule has 1 heterocycles. The number of rotatable bonds is 3. The van der Waals surface area contributed by atoms with Crippen LogP contribution in [-0.2, 0) is 16.1 Å². The summed E-state index contributed by atoms with van der Waals surface area (Å²) in [6.45, 7) is 8.56. The van der Waals surface area contributed by atoms with E-state index in [4.69, 9.17) is 4.74 Å². The van der Waals surface area contributed by atoms with E-state index in [1.165, 1.54) is 11.1 Å². The molecule has 1 aliphatic rings. The predicted octanol–water partition coefficient (Wildman–Crippen LogP) is 3.97. The number of benzene rings is 1. The first-order chi connectivity index (χ1) is 9.92. The number of carbonyl (C=O) groups is 1. The minimum atomic E-state index is -0.424. The Labute approximate surface area is 139 Å². The van der Waals surface area contributed by atoms with E-state index < -0.39 is 5.60 Å². The van der Waals surface area contributed by atoms with Gasteiger partial charge in [0.1, 0.15) is 5.60 Å². The van der Waals surface area contributed by atoms with Crippen LogP contribution in [0.25, 0.3) is 0 Å². The van der Waals surface area contributed by atoms with Crippen molar-refractivity contribution in [2.75, 3.05) is 13.1 Å². The lowest BCUT2D eigenvalue weighted by atomic mass is 10.0. The molecule has 1 fully saturated rings. The largest absolute Gasteiger partial charge is 0.457 e. The van der Waals surface area contributed by atoms with E-state index in [1.807, 2.05) is 26.8 Å². The fourth-order valence-electron chi connectivity index (χ4n) is 2.57. The van der Waals surface area contributed by atoms with Crippen molar-refractivity contribution in [1.29, 1.82) is 0 Å². The molecule has 1 aromatic rings. The molecule has 0 aliphatic carbocycles. The van der Waals surface area contributed by atoms with Gasteiger partial charge in [0.15, 0.2) is 0 Å². The van der Waals surface area contributed by atoms with Crippen LogP contribution in [0.4, 0.5) is 0 Å². The Kier molecular flexibility index (Phi) is 7.11. The fourth-order valence-corrected chi connectivity index (χ4v) is 2.57. The molecular formula is C18H26ClNO2. The van der Waals surface area contributed by atoms with Crippen LogP contribution in [0.3, 0.4) is 0 Å². The van der Waals surface area contributed by atoms with Crippen molar-refractivity contribution in [2.24, 2.45) is 0 Å². The summed E-state index contributed by atoms with van der Waals surface area (Å²) in [7, 11) is 0. The van der Waals surface area contributed by atoms with Gasteiger partial charge in [0, 0.05) is 19.2 Å². The molecule has 0 spiro atoms. The maximum atomic E-state index is 11.9. The summed E-state index contributed by atoms with van der Waals surface area (Å²) in [4.78, 5) is 14.3. The first-order valence-electron chi connectivity index (χ1n) is 7.61. The van der Waals surface area contributed by atoms with Crippen molar-refractivity contribution in [1.82, 2.24) is 4.90 Å². The van der Waals surface area contributed by atoms with Crippen LogP contribution in [0, 0.1) is 0 Å². The number of ether oxygens (including phenoxy) is 1. The molecule has 0 unspecified atom stereocenters. The molecule has 1 aromatic carbocycles. The van der Waals surface area contributed by atoms with Gasteiger partial charge >= 0.3 is 5.97 Å². The average Bonchev–Trinajstić information content (AvgIpc) is 2.38. The molecule has 1 aliphatic heterocycles. The van der Waals surface area contributed by atoms with Gasteiger partial charge in [-0.05, 0) is 51.3 Å².